The van der Waals surface area contributed by atoms with Crippen LogP contribution < -0.4 is 21.1 Å². The summed E-state index contributed by atoms with van der Waals surface area (Å²) in [5, 5.41) is 29.7. The van der Waals surface area contributed by atoms with Gasteiger partial charge in [0.05, 0.1) is 18.6 Å². The van der Waals surface area contributed by atoms with Crippen LogP contribution in [-0.4, -0.2) is 106 Å². The van der Waals surface area contributed by atoms with Crippen molar-refractivity contribution in [2.45, 2.75) is 135 Å². The van der Waals surface area contributed by atoms with Crippen LogP contribution in [0.1, 0.15) is 131 Å². The number of carboxylic acids is 1. The lowest BCUT2D eigenvalue weighted by molar-refractivity contribution is -0.142. The van der Waals surface area contributed by atoms with E-state index in [0.29, 0.717) is 55.3 Å². The first-order chi connectivity index (χ1) is 26.3. The number of likely N-dealkylation sites (tertiary alicyclic amines) is 1. The third-order valence-electron chi connectivity index (χ3n) is 11.3. The number of hydrogen-bond acceptors (Lipinski definition) is 10. The summed E-state index contributed by atoms with van der Waals surface area (Å²) in [6, 6.07) is 3.76. The lowest BCUT2D eigenvalue weighted by atomic mass is 9.80. The van der Waals surface area contributed by atoms with Gasteiger partial charge in [-0.25, -0.2) is 4.98 Å². The summed E-state index contributed by atoms with van der Waals surface area (Å²) in [5.41, 5.74) is 7.25. The number of nitrogens with two attached hydrogens (primary N) is 1. The number of aliphatic hydroxyl groups is 1. The number of fused-ring (bicyclic) bond motifs is 1. The molecule has 0 bridgehead atoms. The molecule has 0 spiro atoms. The molecular weight excluding hydrogens is 721 g/mol. The molecule has 1 saturated heterocycles. The van der Waals surface area contributed by atoms with Crippen molar-refractivity contribution in [1.29, 1.82) is 0 Å². The molecule has 0 radical (unpaired) electrons. The third-order valence-corrected chi connectivity index (χ3v) is 12.2. The Morgan fingerprint density at radius 2 is 1.91 bits per heavy atom. The standard InChI is InChI=1S/C41H64N6O7S/c1-7-17-47(40(51)36(26(5)8-2)45-38(50)33-13-9-11-18-46(33)6)34(25(3)4)23-35(48)39-44-32(24-55-39)37(49)43-28-20-27-14-15-29(54-19-12-10-16-42)22-30(27)31(21-28)41(52)53/h14-15,22,24-26,28,31,33-36,48H,7-13,16-21,23,42H2,1-6H3,(H,43,49)(H,45,50)(H,52,53)/t26-,28-,31+,33+,34+,35+,36-/m0/s1. The Bertz CT molecular complexity index is 1590. The molecule has 2 aromatic rings. The molecule has 1 aromatic carbocycles. The second kappa shape index (κ2) is 21.1. The van der Waals surface area contributed by atoms with Crippen LogP contribution >= 0.6 is 11.3 Å². The number of ether oxygens (including phenoxy) is 1. The van der Waals surface area contributed by atoms with Crippen LogP contribution in [0, 0.1) is 11.8 Å². The van der Waals surface area contributed by atoms with Gasteiger partial charge >= 0.3 is 5.97 Å². The summed E-state index contributed by atoms with van der Waals surface area (Å²) in [6.45, 7) is 12.5. The topological polar surface area (TPSA) is 187 Å². The lowest BCUT2D eigenvalue weighted by Gasteiger charge is -2.39. The molecule has 14 heteroatoms. The van der Waals surface area contributed by atoms with Gasteiger partial charge < -0.3 is 36.2 Å². The molecule has 0 saturated carbocycles. The average molecular weight is 785 g/mol. The maximum Gasteiger partial charge on any atom is 0.311 e. The average Bonchev–Trinajstić information content (AvgIpc) is 3.67. The van der Waals surface area contributed by atoms with Crippen LogP contribution in [0.2, 0.25) is 0 Å². The van der Waals surface area contributed by atoms with Gasteiger partial charge in [0.15, 0.2) is 0 Å². The van der Waals surface area contributed by atoms with Crippen molar-refractivity contribution in [3.05, 3.63) is 45.4 Å². The molecule has 306 valence electrons. The Labute approximate surface area is 330 Å². The Kier molecular flexibility index (Phi) is 16.9. The van der Waals surface area contributed by atoms with Gasteiger partial charge in [-0.3, -0.25) is 24.1 Å². The predicted molar refractivity (Wildman–Crippen MR) is 214 cm³/mol. The maximum absolute atomic E-state index is 14.4. The van der Waals surface area contributed by atoms with Crippen LogP contribution in [0.25, 0.3) is 0 Å². The van der Waals surface area contributed by atoms with Crippen LogP contribution in [0.15, 0.2) is 23.6 Å². The molecule has 2 heterocycles. The van der Waals surface area contributed by atoms with Crippen molar-refractivity contribution in [3.63, 3.8) is 0 Å². The number of carbonyl (C=O) groups excluding carboxylic acids is 3. The fourth-order valence-corrected chi connectivity index (χ4v) is 8.60. The molecule has 1 aromatic heterocycles. The van der Waals surface area contributed by atoms with E-state index in [4.69, 9.17) is 10.5 Å². The second-order valence-electron chi connectivity index (χ2n) is 15.7. The van der Waals surface area contributed by atoms with Gasteiger partial charge in [0, 0.05) is 30.4 Å². The van der Waals surface area contributed by atoms with E-state index in [2.05, 4.69) is 20.5 Å². The van der Waals surface area contributed by atoms with Crippen molar-refractivity contribution in [3.8, 4) is 5.75 Å². The van der Waals surface area contributed by atoms with Gasteiger partial charge in [0.2, 0.25) is 11.8 Å². The highest BCUT2D eigenvalue weighted by atomic mass is 32.1. The Morgan fingerprint density at radius 3 is 2.56 bits per heavy atom. The first kappa shape index (κ1) is 44.1. The number of nitrogens with one attached hydrogen (secondary N) is 2. The molecule has 0 unspecified atom stereocenters. The van der Waals surface area contributed by atoms with Crippen LogP contribution in [0.3, 0.4) is 0 Å². The number of aromatic nitrogens is 1. The molecular formula is C41H64N6O7S. The van der Waals surface area contributed by atoms with Crippen LogP contribution in [0.5, 0.6) is 5.75 Å². The minimum absolute atomic E-state index is 0.0131. The highest BCUT2D eigenvalue weighted by molar-refractivity contribution is 7.09. The quantitative estimate of drug-likeness (QED) is 0.116. The smallest absolute Gasteiger partial charge is 0.311 e. The highest BCUT2D eigenvalue weighted by Crippen LogP contribution is 2.35. The van der Waals surface area contributed by atoms with Crippen molar-refractivity contribution >= 4 is 35.0 Å². The molecule has 13 nitrogen and oxygen atoms in total. The number of unbranched alkanes of at least 4 members (excludes halogenated alkanes) is 1. The number of amides is 3. The van der Waals surface area contributed by atoms with Crippen molar-refractivity contribution in [2.75, 3.05) is 33.3 Å². The fraction of sp³-hybridized carbons (Fsp3) is 0.683. The number of carbonyl (C=O) groups is 4. The van der Waals surface area contributed by atoms with Crippen molar-refractivity contribution in [1.82, 2.24) is 25.4 Å². The monoisotopic (exact) mass is 784 g/mol. The van der Waals surface area contributed by atoms with E-state index < -0.39 is 36.0 Å². The summed E-state index contributed by atoms with van der Waals surface area (Å²) in [4.78, 5) is 62.1. The maximum atomic E-state index is 14.4. The number of aliphatic hydroxyl groups excluding tert-OH is 1. The highest BCUT2D eigenvalue weighted by Gasteiger charge is 2.38. The number of likely N-dealkylation sites (N-methyl/N-ethyl adjacent to an activating group) is 1. The molecule has 3 amide bonds. The number of thiazole rings is 1. The molecule has 1 aliphatic carbocycles. The molecule has 7 atom stereocenters. The van der Waals surface area contributed by atoms with E-state index >= 15 is 0 Å². The zero-order valence-corrected chi connectivity index (χ0v) is 34.4. The molecule has 55 heavy (non-hydrogen) atoms. The minimum atomic E-state index is -1.04. The number of piperidine rings is 1. The zero-order chi connectivity index (χ0) is 40.2. The SMILES string of the molecule is CCCN(C(=O)[C@@H](NC(=O)[C@H]1CCCCN1C)[C@@H](C)CC)[C@H](C[C@@H](O)c1nc(C(=O)N[C@H]2Cc3ccc(OCCCCN)cc3[C@H](C(=O)O)C2)cs1)C(C)C. The van der Waals surface area contributed by atoms with E-state index in [9.17, 15) is 29.4 Å². The number of nitrogens with zero attached hydrogens (tertiary/aromatic N) is 3. The summed E-state index contributed by atoms with van der Waals surface area (Å²) in [5.74, 6) is -1.96. The number of aliphatic carboxylic acids is 1. The summed E-state index contributed by atoms with van der Waals surface area (Å²) in [6.07, 6.45) is 5.74. The number of benzene rings is 1. The Morgan fingerprint density at radius 1 is 1.15 bits per heavy atom. The normalized spacial score (nSPS) is 20.9. The first-order valence-corrected chi connectivity index (χ1v) is 21.1. The molecule has 1 aliphatic heterocycles. The lowest BCUT2D eigenvalue weighted by Crippen LogP contribution is -2.58. The minimum Gasteiger partial charge on any atom is -0.494 e. The van der Waals surface area contributed by atoms with Gasteiger partial charge in [0.25, 0.3) is 5.91 Å². The zero-order valence-electron chi connectivity index (χ0n) is 33.6. The largest absolute Gasteiger partial charge is 0.494 e. The second-order valence-corrected chi connectivity index (χ2v) is 16.6. The summed E-state index contributed by atoms with van der Waals surface area (Å²) >= 11 is 1.18. The molecule has 4 rings (SSSR count). The van der Waals surface area contributed by atoms with E-state index in [-0.39, 0.29) is 54.3 Å². The van der Waals surface area contributed by atoms with E-state index in [0.717, 1.165) is 44.2 Å². The summed E-state index contributed by atoms with van der Waals surface area (Å²) in [7, 11) is 1.96. The van der Waals surface area contributed by atoms with Gasteiger partial charge in [-0.05, 0) is 100 Å². The van der Waals surface area contributed by atoms with E-state index in [1.807, 2.05) is 58.7 Å². The van der Waals surface area contributed by atoms with E-state index in [1.54, 1.807) is 11.4 Å². The molecule has 1 fully saturated rings. The molecule has 6 N–H and O–H groups in total. The number of carboxylic acid groups (broad SMARTS) is 1. The molecule has 2 aliphatic rings. The first-order valence-electron chi connectivity index (χ1n) is 20.2. The van der Waals surface area contributed by atoms with E-state index in [1.165, 1.54) is 11.3 Å². The van der Waals surface area contributed by atoms with Crippen molar-refractivity contribution < 1.29 is 34.1 Å². The third kappa shape index (κ3) is 11.7. The summed E-state index contributed by atoms with van der Waals surface area (Å²) < 4.78 is 5.83. The van der Waals surface area contributed by atoms with Gasteiger partial charge in [-0.15, -0.1) is 11.3 Å². The van der Waals surface area contributed by atoms with Gasteiger partial charge in [0.1, 0.15) is 28.6 Å². The Balaban J connectivity index is 1.44. The number of rotatable bonds is 20. The van der Waals surface area contributed by atoms with Gasteiger partial charge in [-0.1, -0.05) is 53.5 Å². The van der Waals surface area contributed by atoms with Crippen LogP contribution in [0.4, 0.5) is 0 Å². The van der Waals surface area contributed by atoms with Gasteiger partial charge in [-0.2, -0.15) is 0 Å². The predicted octanol–water partition coefficient (Wildman–Crippen LogP) is 4.88. The fourth-order valence-electron chi connectivity index (χ4n) is 7.80. The number of hydrogen-bond donors (Lipinski definition) is 5. The Hall–Kier alpha value is -3.59. The van der Waals surface area contributed by atoms with Crippen LogP contribution in [-0.2, 0) is 20.8 Å². The van der Waals surface area contributed by atoms with Crippen molar-refractivity contribution in [2.24, 2.45) is 17.6 Å².